The Hall–Kier alpha value is -1.65. The molecule has 2 atom stereocenters. The van der Waals surface area contributed by atoms with E-state index in [4.69, 9.17) is 4.74 Å². The van der Waals surface area contributed by atoms with Crippen molar-refractivity contribution in [2.24, 2.45) is 5.92 Å². The molecule has 0 unspecified atom stereocenters. The van der Waals surface area contributed by atoms with E-state index < -0.39 is 21.8 Å². The number of rotatable bonds is 3. The highest BCUT2D eigenvalue weighted by Gasteiger charge is 2.36. The monoisotopic (exact) mass is 434 g/mol. The van der Waals surface area contributed by atoms with Crippen molar-refractivity contribution in [1.82, 2.24) is 9.21 Å². The molecule has 1 aromatic rings. The molecular formula is C19H25F3N2O4S. The van der Waals surface area contributed by atoms with Crippen LogP contribution < -0.4 is 0 Å². The number of sulfonamides is 1. The molecule has 1 amide bonds. The normalized spacial score (nSPS) is 27.1. The Morgan fingerprint density at radius 3 is 2.00 bits per heavy atom. The van der Waals surface area contributed by atoms with Gasteiger partial charge in [-0.05, 0) is 51.0 Å². The first-order valence-electron chi connectivity index (χ1n) is 9.60. The van der Waals surface area contributed by atoms with Crippen LogP contribution in [0.15, 0.2) is 29.2 Å². The van der Waals surface area contributed by atoms with E-state index in [-0.39, 0.29) is 55.1 Å². The standard InChI is InChI=1S/C19H25F3N2O4S/c1-13-11-15(12-14(2)28-13)18(25)23-7-9-24(10-8-23)29(26,27)17-5-3-16(4-6-17)19(20,21)22/h3-6,13-15H,7-12H2,1-2H3/t13-,14-/m1/s1. The van der Waals surface area contributed by atoms with Gasteiger partial charge in [-0.2, -0.15) is 17.5 Å². The van der Waals surface area contributed by atoms with Gasteiger partial charge >= 0.3 is 6.18 Å². The molecule has 162 valence electrons. The van der Waals surface area contributed by atoms with Crippen LogP contribution in [-0.4, -0.2) is 61.9 Å². The van der Waals surface area contributed by atoms with Gasteiger partial charge in [-0.25, -0.2) is 8.42 Å². The summed E-state index contributed by atoms with van der Waals surface area (Å²) < 4.78 is 70.4. The number of hydrogen-bond acceptors (Lipinski definition) is 4. The summed E-state index contributed by atoms with van der Waals surface area (Å²) in [7, 11) is -3.91. The second kappa shape index (κ2) is 8.23. The lowest BCUT2D eigenvalue weighted by Crippen LogP contribution is -2.52. The predicted molar refractivity (Wildman–Crippen MR) is 99.5 cm³/mol. The zero-order valence-corrected chi connectivity index (χ0v) is 17.2. The minimum Gasteiger partial charge on any atom is -0.376 e. The van der Waals surface area contributed by atoms with E-state index in [1.54, 1.807) is 4.90 Å². The molecule has 2 heterocycles. The predicted octanol–water partition coefficient (Wildman–Crippen LogP) is 2.74. The van der Waals surface area contributed by atoms with Gasteiger partial charge in [0.15, 0.2) is 0 Å². The average molecular weight is 434 g/mol. The van der Waals surface area contributed by atoms with Gasteiger partial charge in [0.05, 0.1) is 22.7 Å². The summed E-state index contributed by atoms with van der Waals surface area (Å²) in [4.78, 5) is 14.3. The number of amides is 1. The molecule has 2 fully saturated rings. The van der Waals surface area contributed by atoms with E-state index in [1.807, 2.05) is 13.8 Å². The molecule has 29 heavy (non-hydrogen) atoms. The number of carbonyl (C=O) groups excluding carboxylic acids is 1. The minimum absolute atomic E-state index is 0.00837. The Morgan fingerprint density at radius 2 is 1.52 bits per heavy atom. The van der Waals surface area contributed by atoms with Gasteiger partial charge in [0.1, 0.15) is 0 Å². The summed E-state index contributed by atoms with van der Waals surface area (Å²) in [6, 6.07) is 3.47. The Labute approximate surface area is 168 Å². The molecule has 1 aromatic carbocycles. The van der Waals surface area contributed by atoms with Crippen LogP contribution in [0.4, 0.5) is 13.2 Å². The molecule has 2 saturated heterocycles. The third-order valence-corrected chi connectivity index (χ3v) is 7.33. The van der Waals surface area contributed by atoms with E-state index in [1.165, 1.54) is 4.31 Å². The van der Waals surface area contributed by atoms with Crippen molar-refractivity contribution in [3.05, 3.63) is 29.8 Å². The maximum Gasteiger partial charge on any atom is 0.416 e. The third-order valence-electron chi connectivity index (χ3n) is 5.42. The van der Waals surface area contributed by atoms with Gasteiger partial charge in [0.25, 0.3) is 0 Å². The Morgan fingerprint density at radius 1 is 1.00 bits per heavy atom. The van der Waals surface area contributed by atoms with Gasteiger partial charge in [0, 0.05) is 32.1 Å². The van der Waals surface area contributed by atoms with Gasteiger partial charge in [0.2, 0.25) is 15.9 Å². The molecule has 0 aromatic heterocycles. The fourth-order valence-electron chi connectivity index (χ4n) is 3.98. The molecule has 3 rings (SSSR count). The molecule has 0 radical (unpaired) electrons. The summed E-state index contributed by atoms with van der Waals surface area (Å²) in [6.45, 7) is 4.62. The lowest BCUT2D eigenvalue weighted by atomic mass is 9.91. The lowest BCUT2D eigenvalue weighted by molar-refractivity contribution is -0.144. The summed E-state index contributed by atoms with van der Waals surface area (Å²) in [5.74, 6) is -0.120. The molecule has 10 heteroatoms. The fourth-order valence-corrected chi connectivity index (χ4v) is 5.40. The smallest absolute Gasteiger partial charge is 0.376 e. The second-order valence-corrected chi connectivity index (χ2v) is 9.62. The van der Waals surface area contributed by atoms with E-state index in [0.29, 0.717) is 12.8 Å². The van der Waals surface area contributed by atoms with Crippen molar-refractivity contribution in [1.29, 1.82) is 0 Å². The molecule has 2 aliphatic heterocycles. The highest BCUT2D eigenvalue weighted by Crippen LogP contribution is 2.31. The van der Waals surface area contributed by atoms with Crippen molar-refractivity contribution >= 4 is 15.9 Å². The average Bonchev–Trinajstić information content (AvgIpc) is 2.66. The van der Waals surface area contributed by atoms with Crippen LogP contribution >= 0.6 is 0 Å². The second-order valence-electron chi connectivity index (χ2n) is 7.68. The SMILES string of the molecule is C[C@@H]1CC(C(=O)N2CCN(S(=O)(=O)c3ccc(C(F)(F)F)cc3)CC2)C[C@@H](C)O1. The zero-order chi connectivity index (χ0) is 21.4. The van der Waals surface area contributed by atoms with Gasteiger partial charge in [-0.1, -0.05) is 0 Å². The summed E-state index contributed by atoms with van der Waals surface area (Å²) in [6.07, 6.45) is -3.21. The first kappa shape index (κ1) is 22.0. The van der Waals surface area contributed by atoms with Crippen molar-refractivity contribution in [2.75, 3.05) is 26.2 Å². The highest BCUT2D eigenvalue weighted by atomic mass is 32.2. The van der Waals surface area contributed by atoms with E-state index in [0.717, 1.165) is 24.3 Å². The molecule has 0 spiro atoms. The Bertz CT molecular complexity index is 824. The van der Waals surface area contributed by atoms with Gasteiger partial charge in [-0.3, -0.25) is 4.79 Å². The quantitative estimate of drug-likeness (QED) is 0.734. The number of nitrogens with zero attached hydrogens (tertiary/aromatic N) is 2. The molecule has 2 aliphatic rings. The van der Waals surface area contributed by atoms with E-state index >= 15 is 0 Å². The van der Waals surface area contributed by atoms with Crippen molar-refractivity contribution in [3.63, 3.8) is 0 Å². The van der Waals surface area contributed by atoms with E-state index in [2.05, 4.69) is 0 Å². The largest absolute Gasteiger partial charge is 0.416 e. The number of carbonyl (C=O) groups is 1. The fraction of sp³-hybridized carbons (Fsp3) is 0.632. The molecule has 0 saturated carbocycles. The summed E-state index contributed by atoms with van der Waals surface area (Å²) >= 11 is 0. The van der Waals surface area contributed by atoms with Crippen LogP contribution in [-0.2, 0) is 25.7 Å². The maximum absolute atomic E-state index is 12.8. The number of ether oxygens (including phenoxy) is 1. The number of benzene rings is 1. The highest BCUT2D eigenvalue weighted by molar-refractivity contribution is 7.89. The van der Waals surface area contributed by atoms with Crippen LogP contribution in [0.25, 0.3) is 0 Å². The van der Waals surface area contributed by atoms with Crippen LogP contribution in [0.1, 0.15) is 32.3 Å². The summed E-state index contributed by atoms with van der Waals surface area (Å²) in [5.41, 5.74) is -0.896. The Kier molecular flexibility index (Phi) is 6.26. The molecule has 0 N–H and O–H groups in total. The van der Waals surface area contributed by atoms with Crippen LogP contribution in [0.2, 0.25) is 0 Å². The van der Waals surface area contributed by atoms with Crippen LogP contribution in [0.5, 0.6) is 0 Å². The third kappa shape index (κ3) is 4.92. The number of halogens is 3. The first-order valence-corrected chi connectivity index (χ1v) is 11.0. The molecule has 6 nitrogen and oxygen atoms in total. The summed E-state index contributed by atoms with van der Waals surface area (Å²) in [5, 5.41) is 0. The molecular weight excluding hydrogens is 409 g/mol. The van der Waals surface area contributed by atoms with E-state index in [9.17, 15) is 26.4 Å². The van der Waals surface area contributed by atoms with Crippen molar-refractivity contribution in [3.8, 4) is 0 Å². The molecule has 0 bridgehead atoms. The van der Waals surface area contributed by atoms with Crippen LogP contribution in [0.3, 0.4) is 0 Å². The number of alkyl halides is 3. The topological polar surface area (TPSA) is 66.9 Å². The zero-order valence-electron chi connectivity index (χ0n) is 16.4. The van der Waals surface area contributed by atoms with Gasteiger partial charge in [-0.15, -0.1) is 0 Å². The maximum atomic E-state index is 12.8. The Balaban J connectivity index is 1.63. The first-order chi connectivity index (χ1) is 13.5. The van der Waals surface area contributed by atoms with Crippen molar-refractivity contribution in [2.45, 2.75) is 50.0 Å². The van der Waals surface area contributed by atoms with Crippen molar-refractivity contribution < 1.29 is 31.1 Å². The minimum atomic E-state index is -4.52. The molecule has 0 aliphatic carbocycles. The van der Waals surface area contributed by atoms with Crippen LogP contribution in [0, 0.1) is 5.92 Å². The number of piperazine rings is 1. The van der Waals surface area contributed by atoms with Gasteiger partial charge < -0.3 is 9.64 Å². The number of hydrogen-bond donors (Lipinski definition) is 0. The lowest BCUT2D eigenvalue weighted by Gasteiger charge is -2.38.